The molecular weight excluding hydrogens is 1220 g/mol. The number of rotatable bonds is 9. The van der Waals surface area contributed by atoms with Gasteiger partial charge in [-0.3, -0.25) is 0 Å². The summed E-state index contributed by atoms with van der Waals surface area (Å²) >= 11 is 0. The van der Waals surface area contributed by atoms with Crippen molar-refractivity contribution in [2.24, 2.45) is 0 Å². The van der Waals surface area contributed by atoms with E-state index in [-0.39, 0.29) is 37.3 Å². The van der Waals surface area contributed by atoms with Gasteiger partial charge >= 0.3 is 0 Å². The second-order valence-electron chi connectivity index (χ2n) is 25.7. The van der Waals surface area contributed by atoms with Gasteiger partial charge in [0.2, 0.25) is 0 Å². The van der Waals surface area contributed by atoms with Gasteiger partial charge in [0.15, 0.2) is 0 Å². The van der Waals surface area contributed by atoms with Crippen molar-refractivity contribution in [1.29, 1.82) is 0 Å². The Bertz CT molecular complexity index is 4400. The molecule has 0 saturated carbocycles. The number of nitrogens with zero attached hydrogens (tertiary/aromatic N) is 4. The Labute approximate surface area is 515 Å². The standard InChI is InChI=1S/C79H67N4O.Pt/c1-76(2,3)54-35-37-55(38-36-54)79(68-31-18-16-29-62(68)63-30-17-19-32-69(63)79)57-43-44-80-74(48-57)83-72-47-56(77(4,5)6)39-41-64(72)65-42-40-61(50-73(65)83)84-60-28-22-27-59(49-60)81-51-82(71-34-21-20-33-70(71)81)75-66(52-23-12-10-13-24-52)45-58(78(7,8)9)46-67(75)53-25-14-11-15-26-53;/h10-48,51H,1-9H3;/q-3;. The number of anilines is 4. The number of para-hydroxylation sites is 2. The first-order valence-corrected chi connectivity index (χ1v) is 29.3. The molecule has 422 valence electrons. The van der Waals surface area contributed by atoms with Crippen LogP contribution in [0.2, 0.25) is 0 Å². The molecule has 0 bridgehead atoms. The molecule has 3 heterocycles. The van der Waals surface area contributed by atoms with Gasteiger partial charge < -0.3 is 19.1 Å². The molecule has 0 unspecified atom stereocenters. The second-order valence-corrected chi connectivity index (χ2v) is 25.7. The zero-order valence-electron chi connectivity index (χ0n) is 49.6. The van der Waals surface area contributed by atoms with Crippen molar-refractivity contribution in [3.63, 3.8) is 0 Å². The minimum atomic E-state index is -0.620. The molecule has 2 aliphatic rings. The molecule has 10 aromatic carbocycles. The molecule has 6 heteroatoms. The van der Waals surface area contributed by atoms with Crippen LogP contribution in [-0.4, -0.2) is 9.55 Å². The van der Waals surface area contributed by atoms with Gasteiger partial charge in [0.25, 0.3) is 0 Å². The van der Waals surface area contributed by atoms with Gasteiger partial charge in [-0.05, 0) is 125 Å². The van der Waals surface area contributed by atoms with Crippen LogP contribution in [0.4, 0.5) is 22.7 Å². The van der Waals surface area contributed by atoms with Gasteiger partial charge in [0.1, 0.15) is 5.82 Å². The maximum absolute atomic E-state index is 6.94. The predicted molar refractivity (Wildman–Crippen MR) is 349 cm³/mol. The SMILES string of the molecule is CC(C)(C)c1ccc(C2(c3ccnc(-n4c5[c-]c(Oc6[c-]c(N7[CH-]N(c8c(-c9ccccc9)cc(C(C)(C)C)cc8-c8ccccc8)c8ccccc87)ccc6)ccc5c5ccc(C(C)(C)C)cc54)c3)c3ccccc3-c3ccccc32)cc1.[Pt]. The molecule has 1 aliphatic heterocycles. The summed E-state index contributed by atoms with van der Waals surface area (Å²) in [5.74, 6) is 1.96. The Balaban J connectivity index is 0.00000672. The Morgan fingerprint density at radius 2 is 0.976 bits per heavy atom. The van der Waals surface area contributed by atoms with E-state index in [0.29, 0.717) is 11.5 Å². The van der Waals surface area contributed by atoms with Crippen LogP contribution in [0.15, 0.2) is 237 Å². The van der Waals surface area contributed by atoms with Gasteiger partial charge in [-0.2, -0.15) is 12.1 Å². The Kier molecular flexibility index (Phi) is 13.7. The maximum Gasteiger partial charge on any atom is 0.135 e. The van der Waals surface area contributed by atoms with Crippen molar-refractivity contribution in [3.8, 4) is 50.7 Å². The first-order valence-electron chi connectivity index (χ1n) is 29.3. The monoisotopic (exact) mass is 1280 g/mol. The summed E-state index contributed by atoms with van der Waals surface area (Å²) in [6.07, 6.45) is 1.99. The van der Waals surface area contributed by atoms with Crippen LogP contribution in [0.3, 0.4) is 0 Å². The zero-order valence-corrected chi connectivity index (χ0v) is 51.9. The molecule has 0 fully saturated rings. The predicted octanol–water partition coefficient (Wildman–Crippen LogP) is 20.6. The first-order chi connectivity index (χ1) is 40.5. The number of benzene rings is 10. The van der Waals surface area contributed by atoms with Crippen molar-refractivity contribution < 1.29 is 25.8 Å². The van der Waals surface area contributed by atoms with Crippen molar-refractivity contribution >= 4 is 44.6 Å². The molecule has 5 nitrogen and oxygen atoms in total. The summed E-state index contributed by atoms with van der Waals surface area (Å²) in [4.78, 5) is 9.87. The zero-order chi connectivity index (χ0) is 57.7. The van der Waals surface area contributed by atoms with E-state index in [1.54, 1.807) is 0 Å². The molecule has 2 aromatic heterocycles. The van der Waals surface area contributed by atoms with Crippen molar-refractivity contribution in [3.05, 3.63) is 294 Å². The van der Waals surface area contributed by atoms with E-state index in [0.717, 1.165) is 78.2 Å². The van der Waals surface area contributed by atoms with Crippen LogP contribution in [0.1, 0.15) is 101 Å². The maximum atomic E-state index is 6.94. The molecule has 12 aromatic rings. The van der Waals surface area contributed by atoms with Crippen LogP contribution in [-0.2, 0) is 42.7 Å². The summed E-state index contributed by atoms with van der Waals surface area (Å²) < 4.78 is 9.24. The minimum Gasteiger partial charge on any atom is -0.509 e. The topological polar surface area (TPSA) is 33.5 Å². The van der Waals surface area contributed by atoms with Gasteiger partial charge in [0, 0.05) is 72.5 Å². The van der Waals surface area contributed by atoms with E-state index < -0.39 is 5.41 Å². The number of ether oxygens (including phenoxy) is 1. The second kappa shape index (κ2) is 21.1. The Morgan fingerprint density at radius 1 is 0.435 bits per heavy atom. The van der Waals surface area contributed by atoms with E-state index in [1.165, 1.54) is 44.5 Å². The third-order valence-electron chi connectivity index (χ3n) is 17.3. The first kappa shape index (κ1) is 55.4. The quantitative estimate of drug-likeness (QED) is 0.135. The number of hydrogen-bond acceptors (Lipinski definition) is 4. The Hall–Kier alpha value is -8.76. The van der Waals surface area contributed by atoms with Crippen molar-refractivity contribution in [2.75, 3.05) is 9.80 Å². The number of pyridine rings is 1. The molecule has 0 N–H and O–H groups in total. The Morgan fingerprint density at radius 3 is 1.59 bits per heavy atom. The van der Waals surface area contributed by atoms with Crippen LogP contribution in [0.5, 0.6) is 11.5 Å². The van der Waals surface area contributed by atoms with Crippen LogP contribution >= 0.6 is 0 Å². The minimum absolute atomic E-state index is 0. The molecule has 85 heavy (non-hydrogen) atoms. The average molecular weight is 1280 g/mol. The van der Waals surface area contributed by atoms with E-state index >= 15 is 0 Å². The average Bonchev–Trinajstić information content (AvgIpc) is 1.62. The summed E-state index contributed by atoms with van der Waals surface area (Å²) in [7, 11) is 0. The smallest absolute Gasteiger partial charge is 0.135 e. The van der Waals surface area contributed by atoms with E-state index in [4.69, 9.17) is 9.72 Å². The van der Waals surface area contributed by atoms with E-state index in [9.17, 15) is 0 Å². The van der Waals surface area contributed by atoms with Gasteiger partial charge in [-0.1, -0.05) is 226 Å². The molecule has 0 atom stereocenters. The molecule has 0 saturated heterocycles. The number of hydrogen-bond donors (Lipinski definition) is 0. The third-order valence-corrected chi connectivity index (χ3v) is 17.3. The number of aromatic nitrogens is 2. The number of fused-ring (bicyclic) bond motifs is 7. The molecule has 0 radical (unpaired) electrons. The third kappa shape index (κ3) is 9.49. The fourth-order valence-electron chi connectivity index (χ4n) is 12.9. The van der Waals surface area contributed by atoms with Gasteiger partial charge in [-0.15, -0.1) is 48.1 Å². The van der Waals surface area contributed by atoms with Crippen molar-refractivity contribution in [2.45, 2.75) is 84.0 Å². The summed E-state index contributed by atoms with van der Waals surface area (Å²) in [6, 6.07) is 91.5. The largest absolute Gasteiger partial charge is 0.509 e. The summed E-state index contributed by atoms with van der Waals surface area (Å²) in [6.45, 7) is 22.8. The van der Waals surface area contributed by atoms with Gasteiger partial charge in [-0.25, -0.2) is 4.98 Å². The van der Waals surface area contributed by atoms with Crippen LogP contribution in [0.25, 0.3) is 61.0 Å². The summed E-state index contributed by atoms with van der Waals surface area (Å²) in [5.41, 5.74) is 21.0. The normalized spacial score (nSPS) is 13.6. The van der Waals surface area contributed by atoms with Crippen LogP contribution in [0, 0.1) is 18.8 Å². The fraction of sp³-hybridized carbons (Fsp3) is 0.165. The molecule has 0 spiro atoms. The molecule has 0 amide bonds. The summed E-state index contributed by atoms with van der Waals surface area (Å²) in [5, 5.41) is 2.19. The van der Waals surface area contributed by atoms with Crippen molar-refractivity contribution in [1.82, 2.24) is 9.55 Å². The molecular formula is C79H67N4OPt-3. The van der Waals surface area contributed by atoms with E-state index in [1.807, 2.05) is 24.4 Å². The van der Waals surface area contributed by atoms with Gasteiger partial charge in [0.05, 0.1) is 5.41 Å². The fourth-order valence-corrected chi connectivity index (χ4v) is 12.9. The van der Waals surface area contributed by atoms with E-state index in [2.05, 4.69) is 308 Å². The van der Waals surface area contributed by atoms with Crippen LogP contribution < -0.4 is 14.5 Å². The molecule has 1 aliphatic carbocycles. The molecule has 14 rings (SSSR count).